The van der Waals surface area contributed by atoms with Gasteiger partial charge in [0.1, 0.15) is 5.75 Å². The summed E-state index contributed by atoms with van der Waals surface area (Å²) in [4.78, 5) is 11.7. The molecular weight excluding hydrogens is 346 g/mol. The van der Waals surface area contributed by atoms with Crippen LogP contribution in [0.4, 0.5) is 0 Å². The number of rotatable bonds is 6. The Bertz CT molecular complexity index is 838. The zero-order chi connectivity index (χ0) is 17.9. The van der Waals surface area contributed by atoms with Crippen LogP contribution in [-0.4, -0.2) is 14.3 Å². The molecule has 1 heterocycles. The van der Waals surface area contributed by atoms with Crippen LogP contribution < -0.4 is 9.50 Å². The third-order valence-electron chi connectivity index (χ3n) is 3.34. The fraction of sp³-hybridized carbons (Fsp3) is 0.353. The molecule has 1 amide bonds. The van der Waals surface area contributed by atoms with Crippen LogP contribution >= 0.6 is 11.3 Å². The molecule has 2 rings (SSSR count). The molecule has 0 spiro atoms. The van der Waals surface area contributed by atoms with Gasteiger partial charge in [-0.1, -0.05) is 19.9 Å². The molecule has 24 heavy (non-hydrogen) atoms. The smallest absolute Gasteiger partial charge is 0.348 e. The predicted octanol–water partition coefficient (Wildman–Crippen LogP) is 3.58. The lowest BCUT2D eigenvalue weighted by Crippen LogP contribution is -2.18. The average molecular weight is 367 g/mol. The largest absolute Gasteiger partial charge is 0.378 e. The third kappa shape index (κ3) is 4.82. The molecule has 7 heteroatoms. The summed E-state index contributed by atoms with van der Waals surface area (Å²) in [6.45, 7) is 7.71. The first-order chi connectivity index (χ1) is 11.2. The van der Waals surface area contributed by atoms with Crippen molar-refractivity contribution < 1.29 is 17.4 Å². The first-order valence-electron chi connectivity index (χ1n) is 7.56. The first-order valence-corrected chi connectivity index (χ1v) is 9.79. The molecular formula is C17H21NO4S2. The molecule has 0 aliphatic heterocycles. The molecule has 0 aliphatic rings. The Hall–Kier alpha value is -1.86. The average Bonchev–Trinajstić information content (AvgIpc) is 2.93. The van der Waals surface area contributed by atoms with Gasteiger partial charge >= 0.3 is 10.1 Å². The number of nitrogens with one attached hydrogen (secondary N) is 1. The fourth-order valence-corrected chi connectivity index (χ4v) is 4.30. The number of amides is 1. The molecule has 130 valence electrons. The molecule has 0 saturated carbocycles. The van der Waals surface area contributed by atoms with Gasteiger partial charge in [0.2, 0.25) is 5.91 Å². The molecule has 0 radical (unpaired) electrons. The predicted molar refractivity (Wildman–Crippen MR) is 94.9 cm³/mol. The summed E-state index contributed by atoms with van der Waals surface area (Å²) in [6, 6.07) is 8.64. The summed E-state index contributed by atoms with van der Waals surface area (Å²) in [5.41, 5.74) is 1.97. The van der Waals surface area contributed by atoms with Gasteiger partial charge in [-0.3, -0.25) is 4.79 Å². The summed E-state index contributed by atoms with van der Waals surface area (Å²) in [5, 5.41) is 2.64. The molecule has 0 bridgehead atoms. The van der Waals surface area contributed by atoms with Crippen molar-refractivity contribution >= 4 is 27.4 Å². The van der Waals surface area contributed by atoms with Crippen molar-refractivity contribution in [2.45, 2.75) is 44.4 Å². The summed E-state index contributed by atoms with van der Waals surface area (Å²) in [5.74, 6) is 0.432. The highest BCUT2D eigenvalue weighted by Crippen LogP contribution is 2.28. The van der Waals surface area contributed by atoms with E-state index < -0.39 is 10.1 Å². The van der Waals surface area contributed by atoms with Gasteiger partial charge in [-0.25, -0.2) is 0 Å². The number of aryl methyl sites for hydroxylation is 1. The zero-order valence-corrected chi connectivity index (χ0v) is 15.8. The van der Waals surface area contributed by atoms with E-state index in [4.69, 9.17) is 4.18 Å². The monoisotopic (exact) mass is 367 g/mol. The number of carbonyl (C=O) groups is 1. The Labute approximate surface area is 146 Å². The van der Waals surface area contributed by atoms with Gasteiger partial charge in [0.05, 0.1) is 6.54 Å². The number of hydrogen-bond donors (Lipinski definition) is 1. The van der Waals surface area contributed by atoms with E-state index in [1.807, 2.05) is 26.8 Å². The van der Waals surface area contributed by atoms with E-state index in [-0.39, 0.29) is 16.0 Å². The van der Waals surface area contributed by atoms with Crippen LogP contribution in [0, 0.1) is 6.92 Å². The standard InChI is InChI=1S/C17H21NO4S2/c1-11(2)14-7-12(3)8-15(9-14)22-24(20,21)17-6-5-16(23-17)10-18-13(4)19/h5-9,11H,10H2,1-4H3,(H,18,19). The minimum Gasteiger partial charge on any atom is -0.378 e. The van der Waals surface area contributed by atoms with E-state index in [1.165, 1.54) is 13.0 Å². The van der Waals surface area contributed by atoms with Crippen molar-refractivity contribution in [3.63, 3.8) is 0 Å². The van der Waals surface area contributed by atoms with Crippen LogP contribution in [0.1, 0.15) is 42.7 Å². The maximum Gasteiger partial charge on any atom is 0.348 e. The van der Waals surface area contributed by atoms with Crippen molar-refractivity contribution in [3.05, 3.63) is 46.3 Å². The minimum atomic E-state index is -3.88. The van der Waals surface area contributed by atoms with Crippen molar-refractivity contribution in [2.75, 3.05) is 0 Å². The van der Waals surface area contributed by atoms with Gasteiger partial charge in [0.25, 0.3) is 0 Å². The zero-order valence-electron chi connectivity index (χ0n) is 14.1. The van der Waals surface area contributed by atoms with Crippen molar-refractivity contribution in [1.29, 1.82) is 0 Å². The molecule has 0 saturated heterocycles. The molecule has 1 aromatic heterocycles. The second-order valence-corrected chi connectivity index (χ2v) is 8.84. The van der Waals surface area contributed by atoms with Crippen LogP contribution in [0.15, 0.2) is 34.5 Å². The van der Waals surface area contributed by atoms with Crippen LogP contribution in [0.2, 0.25) is 0 Å². The van der Waals surface area contributed by atoms with E-state index in [0.29, 0.717) is 12.3 Å². The van der Waals surface area contributed by atoms with E-state index in [9.17, 15) is 13.2 Å². The Kier molecular flexibility index (Phi) is 5.66. The lowest BCUT2D eigenvalue weighted by atomic mass is 10.0. The van der Waals surface area contributed by atoms with Crippen molar-refractivity contribution in [3.8, 4) is 5.75 Å². The first kappa shape index (κ1) is 18.5. The summed E-state index contributed by atoms with van der Waals surface area (Å²) in [6.07, 6.45) is 0. The van der Waals surface area contributed by atoms with Gasteiger partial charge in [-0.2, -0.15) is 8.42 Å². The third-order valence-corrected chi connectivity index (χ3v) is 6.12. The fourth-order valence-electron chi connectivity index (χ4n) is 2.12. The molecule has 0 unspecified atom stereocenters. The van der Waals surface area contributed by atoms with Crippen LogP contribution in [0.5, 0.6) is 5.75 Å². The highest BCUT2D eigenvalue weighted by molar-refractivity contribution is 7.89. The molecule has 2 aromatic rings. The maximum atomic E-state index is 12.4. The molecule has 5 nitrogen and oxygen atoms in total. The molecule has 0 atom stereocenters. The number of hydrogen-bond acceptors (Lipinski definition) is 5. The van der Waals surface area contributed by atoms with Gasteiger partial charge in [0.15, 0.2) is 4.21 Å². The Morgan fingerprint density at radius 1 is 1.25 bits per heavy atom. The topological polar surface area (TPSA) is 72.5 Å². The molecule has 0 fully saturated rings. The van der Waals surface area contributed by atoms with Crippen LogP contribution in [-0.2, 0) is 21.5 Å². The van der Waals surface area contributed by atoms with Crippen molar-refractivity contribution in [2.24, 2.45) is 0 Å². The molecule has 1 aromatic carbocycles. The molecule has 1 N–H and O–H groups in total. The Morgan fingerprint density at radius 2 is 1.96 bits per heavy atom. The van der Waals surface area contributed by atoms with E-state index >= 15 is 0 Å². The Balaban J connectivity index is 2.21. The number of thiophene rings is 1. The van der Waals surface area contributed by atoms with Gasteiger partial charge in [-0.05, 0) is 48.2 Å². The van der Waals surface area contributed by atoms with E-state index in [0.717, 1.165) is 27.3 Å². The summed E-state index contributed by atoms with van der Waals surface area (Å²) >= 11 is 1.09. The number of carbonyl (C=O) groups excluding carboxylic acids is 1. The lowest BCUT2D eigenvalue weighted by molar-refractivity contribution is -0.119. The molecule has 0 aliphatic carbocycles. The lowest BCUT2D eigenvalue weighted by Gasteiger charge is -2.11. The van der Waals surface area contributed by atoms with Gasteiger partial charge in [-0.15, -0.1) is 11.3 Å². The highest BCUT2D eigenvalue weighted by atomic mass is 32.3. The van der Waals surface area contributed by atoms with Gasteiger partial charge in [0, 0.05) is 11.8 Å². The van der Waals surface area contributed by atoms with E-state index in [2.05, 4.69) is 5.32 Å². The van der Waals surface area contributed by atoms with Crippen LogP contribution in [0.3, 0.4) is 0 Å². The highest BCUT2D eigenvalue weighted by Gasteiger charge is 2.20. The second kappa shape index (κ2) is 7.36. The van der Waals surface area contributed by atoms with E-state index in [1.54, 1.807) is 18.2 Å². The quantitative estimate of drug-likeness (QED) is 0.792. The second-order valence-electron chi connectivity index (χ2n) is 5.90. The normalized spacial score (nSPS) is 11.5. The van der Waals surface area contributed by atoms with Gasteiger partial charge < -0.3 is 9.50 Å². The summed E-state index contributed by atoms with van der Waals surface area (Å²) in [7, 11) is -3.88. The minimum absolute atomic E-state index is 0.121. The van der Waals surface area contributed by atoms with Crippen LogP contribution in [0.25, 0.3) is 0 Å². The maximum absolute atomic E-state index is 12.4. The number of benzene rings is 1. The SMILES string of the molecule is CC(=O)NCc1ccc(S(=O)(=O)Oc2cc(C)cc(C(C)C)c2)s1. The summed E-state index contributed by atoms with van der Waals surface area (Å²) < 4.78 is 30.3. The Morgan fingerprint density at radius 3 is 2.58 bits per heavy atom. The van der Waals surface area contributed by atoms with Crippen molar-refractivity contribution in [1.82, 2.24) is 5.32 Å².